The lowest BCUT2D eigenvalue weighted by Crippen LogP contribution is -2.66. The summed E-state index contributed by atoms with van der Waals surface area (Å²) in [5, 5.41) is 3.88. The molecule has 1 amide bonds. The van der Waals surface area contributed by atoms with Gasteiger partial charge in [-0.15, -0.1) is 0 Å². The van der Waals surface area contributed by atoms with E-state index in [0.717, 1.165) is 38.3 Å². The van der Waals surface area contributed by atoms with E-state index in [1.807, 2.05) is 17.0 Å². The van der Waals surface area contributed by atoms with Gasteiger partial charge in [0, 0.05) is 6.54 Å². The van der Waals surface area contributed by atoms with E-state index in [-0.39, 0.29) is 11.5 Å². The van der Waals surface area contributed by atoms with Gasteiger partial charge < -0.3 is 18.6 Å². The second-order valence-electron chi connectivity index (χ2n) is 8.04. The number of hydrogen-bond acceptors (Lipinski definition) is 6. The largest absolute Gasteiger partial charge is 0.468 e. The fourth-order valence-electron chi connectivity index (χ4n) is 4.22. The molecule has 0 bridgehead atoms. The summed E-state index contributed by atoms with van der Waals surface area (Å²) in [5.74, 6) is 2.09. The van der Waals surface area contributed by atoms with Crippen LogP contribution in [0, 0.1) is 19.8 Å². The van der Waals surface area contributed by atoms with Crippen molar-refractivity contribution < 1.29 is 18.5 Å². The Hall–Kier alpha value is -2.12. The predicted molar refractivity (Wildman–Crippen MR) is 98.3 cm³/mol. The van der Waals surface area contributed by atoms with Gasteiger partial charge in [-0.05, 0) is 51.8 Å². The van der Waals surface area contributed by atoms with Crippen molar-refractivity contribution in [2.45, 2.75) is 38.8 Å². The first-order valence-electron chi connectivity index (χ1n) is 9.53. The molecule has 7 nitrogen and oxygen atoms in total. The van der Waals surface area contributed by atoms with E-state index in [1.165, 1.54) is 0 Å². The van der Waals surface area contributed by atoms with E-state index in [1.54, 1.807) is 20.1 Å². The molecule has 2 aromatic rings. The number of furan rings is 1. The van der Waals surface area contributed by atoms with E-state index in [2.05, 4.69) is 17.1 Å². The topological polar surface area (TPSA) is 72.0 Å². The number of aryl methyl sites for hydroxylation is 2. The van der Waals surface area contributed by atoms with Gasteiger partial charge in [-0.25, -0.2) is 0 Å². The van der Waals surface area contributed by atoms with Crippen LogP contribution in [-0.4, -0.2) is 59.8 Å². The van der Waals surface area contributed by atoms with Gasteiger partial charge in [0.2, 0.25) is 0 Å². The van der Waals surface area contributed by atoms with Crippen LogP contribution in [0.3, 0.4) is 0 Å². The van der Waals surface area contributed by atoms with Crippen molar-refractivity contribution in [3.05, 3.63) is 41.2 Å². The number of carbonyl (C=O) groups is 1. The maximum absolute atomic E-state index is 12.7. The molecular formula is C20H27N3O4. The minimum atomic E-state index is -0.162. The molecule has 2 aliphatic heterocycles. The van der Waals surface area contributed by atoms with Crippen LogP contribution in [0.15, 0.2) is 27.3 Å². The molecule has 27 heavy (non-hydrogen) atoms. The molecule has 7 heteroatoms. The quantitative estimate of drug-likeness (QED) is 0.802. The standard InChI is InChI=1S/C20H27N3O4/c1-14-18(15(2)27-21-14)19(24)23-12-20(13-23)7-6-16(11-26-20)9-22(3)10-17-5-4-8-25-17/h4-5,8,16H,6-7,9-13H2,1-3H3/t16-/m0/s1. The van der Waals surface area contributed by atoms with Gasteiger partial charge in [-0.2, -0.15) is 0 Å². The minimum Gasteiger partial charge on any atom is -0.468 e. The molecule has 0 N–H and O–H groups in total. The first-order valence-corrected chi connectivity index (χ1v) is 9.53. The molecule has 0 unspecified atom stereocenters. The van der Waals surface area contributed by atoms with Crippen molar-refractivity contribution in [2.75, 3.05) is 33.3 Å². The average Bonchev–Trinajstić information content (AvgIpc) is 3.23. The van der Waals surface area contributed by atoms with E-state index in [4.69, 9.17) is 13.7 Å². The Labute approximate surface area is 159 Å². The molecule has 0 aromatic carbocycles. The zero-order chi connectivity index (χ0) is 19.0. The highest BCUT2D eigenvalue weighted by atomic mass is 16.5. The highest BCUT2D eigenvalue weighted by Crippen LogP contribution is 2.37. The number of rotatable bonds is 5. The van der Waals surface area contributed by atoms with E-state index < -0.39 is 0 Å². The number of likely N-dealkylation sites (tertiary alicyclic amines) is 1. The van der Waals surface area contributed by atoms with Crippen LogP contribution >= 0.6 is 0 Å². The first kappa shape index (κ1) is 18.3. The van der Waals surface area contributed by atoms with E-state index in [9.17, 15) is 4.79 Å². The van der Waals surface area contributed by atoms with Gasteiger partial charge in [0.1, 0.15) is 22.7 Å². The van der Waals surface area contributed by atoms with Crippen LogP contribution in [0.25, 0.3) is 0 Å². The van der Waals surface area contributed by atoms with Crippen molar-refractivity contribution in [3.8, 4) is 0 Å². The van der Waals surface area contributed by atoms with Gasteiger partial charge in [0.15, 0.2) is 0 Å². The summed E-state index contributed by atoms with van der Waals surface area (Å²) < 4.78 is 16.8. The van der Waals surface area contributed by atoms with E-state index >= 15 is 0 Å². The molecule has 1 atom stereocenters. The van der Waals surface area contributed by atoms with Crippen molar-refractivity contribution >= 4 is 5.91 Å². The van der Waals surface area contributed by atoms with Crippen LogP contribution in [0.5, 0.6) is 0 Å². The number of ether oxygens (including phenoxy) is 1. The molecule has 146 valence electrons. The molecule has 2 aliphatic rings. The SMILES string of the molecule is Cc1noc(C)c1C(=O)N1CC2(CC[C@@H](CN(C)Cc3ccco3)CO2)C1. The normalized spacial score (nSPS) is 21.6. The minimum absolute atomic E-state index is 0.000722. The van der Waals surface area contributed by atoms with Crippen LogP contribution in [0.2, 0.25) is 0 Å². The summed E-state index contributed by atoms with van der Waals surface area (Å²) in [6, 6.07) is 3.92. The van der Waals surface area contributed by atoms with Crippen LogP contribution in [-0.2, 0) is 11.3 Å². The Balaban J connectivity index is 1.25. The van der Waals surface area contributed by atoms with Crippen molar-refractivity contribution in [1.29, 1.82) is 0 Å². The third-order valence-corrected chi connectivity index (χ3v) is 5.70. The number of amides is 1. The zero-order valence-corrected chi connectivity index (χ0v) is 16.2. The molecule has 0 radical (unpaired) electrons. The highest BCUT2D eigenvalue weighted by molar-refractivity contribution is 5.96. The molecule has 0 saturated carbocycles. The third kappa shape index (κ3) is 3.66. The van der Waals surface area contributed by atoms with Gasteiger partial charge in [0.25, 0.3) is 5.91 Å². The average molecular weight is 373 g/mol. The number of carbonyl (C=O) groups excluding carboxylic acids is 1. The molecule has 1 spiro atoms. The summed E-state index contributed by atoms with van der Waals surface area (Å²) in [4.78, 5) is 16.8. The Bertz CT molecular complexity index is 763. The summed E-state index contributed by atoms with van der Waals surface area (Å²) in [7, 11) is 2.11. The number of hydrogen-bond donors (Lipinski definition) is 0. The van der Waals surface area contributed by atoms with Crippen molar-refractivity contribution in [1.82, 2.24) is 15.0 Å². The fraction of sp³-hybridized carbons (Fsp3) is 0.600. The summed E-state index contributed by atoms with van der Waals surface area (Å²) in [5.41, 5.74) is 1.09. The second-order valence-corrected chi connectivity index (χ2v) is 8.04. The number of nitrogens with zero attached hydrogens (tertiary/aromatic N) is 3. The highest BCUT2D eigenvalue weighted by Gasteiger charge is 2.49. The molecule has 2 aromatic heterocycles. The lowest BCUT2D eigenvalue weighted by atomic mass is 9.82. The third-order valence-electron chi connectivity index (χ3n) is 5.70. The Morgan fingerprint density at radius 3 is 2.81 bits per heavy atom. The van der Waals surface area contributed by atoms with Crippen molar-refractivity contribution in [2.24, 2.45) is 5.92 Å². The fourth-order valence-corrected chi connectivity index (χ4v) is 4.22. The maximum Gasteiger partial charge on any atom is 0.259 e. The molecule has 0 aliphatic carbocycles. The van der Waals surface area contributed by atoms with Gasteiger partial charge in [0.05, 0.1) is 38.2 Å². The molecular weight excluding hydrogens is 346 g/mol. The van der Waals surface area contributed by atoms with Gasteiger partial charge in [-0.1, -0.05) is 5.16 Å². The lowest BCUT2D eigenvalue weighted by Gasteiger charge is -2.52. The lowest BCUT2D eigenvalue weighted by molar-refractivity contribution is -0.168. The van der Waals surface area contributed by atoms with E-state index in [0.29, 0.717) is 36.0 Å². The van der Waals surface area contributed by atoms with Crippen LogP contribution in [0.1, 0.15) is 40.4 Å². The summed E-state index contributed by atoms with van der Waals surface area (Å²) in [6.07, 6.45) is 3.83. The predicted octanol–water partition coefficient (Wildman–Crippen LogP) is 2.64. The van der Waals surface area contributed by atoms with Gasteiger partial charge in [-0.3, -0.25) is 9.69 Å². The maximum atomic E-state index is 12.7. The van der Waals surface area contributed by atoms with Gasteiger partial charge >= 0.3 is 0 Å². The Morgan fingerprint density at radius 1 is 1.41 bits per heavy atom. The molecule has 2 fully saturated rings. The zero-order valence-electron chi connectivity index (χ0n) is 16.2. The van der Waals surface area contributed by atoms with Crippen molar-refractivity contribution in [3.63, 3.8) is 0 Å². The number of aromatic nitrogens is 1. The summed E-state index contributed by atoms with van der Waals surface area (Å²) >= 11 is 0. The Morgan fingerprint density at radius 2 is 2.22 bits per heavy atom. The smallest absolute Gasteiger partial charge is 0.259 e. The van der Waals surface area contributed by atoms with Crippen LogP contribution < -0.4 is 0 Å². The molecule has 4 rings (SSSR count). The van der Waals surface area contributed by atoms with Crippen LogP contribution in [0.4, 0.5) is 0 Å². The monoisotopic (exact) mass is 373 g/mol. The molecule has 2 saturated heterocycles. The first-order chi connectivity index (χ1) is 13.0. The molecule has 4 heterocycles. The second kappa shape index (κ2) is 7.13. The summed E-state index contributed by atoms with van der Waals surface area (Å²) in [6.45, 7) is 7.45. The Kier molecular flexibility index (Phi) is 4.82.